The van der Waals surface area contributed by atoms with E-state index >= 15 is 0 Å². The molecule has 1 unspecified atom stereocenters. The van der Waals surface area contributed by atoms with Gasteiger partial charge in [-0.25, -0.2) is 0 Å². The zero-order valence-corrected chi connectivity index (χ0v) is 9.73. The summed E-state index contributed by atoms with van der Waals surface area (Å²) in [6, 6.07) is 0.209. The first kappa shape index (κ1) is 11.9. The van der Waals surface area contributed by atoms with E-state index in [1.807, 2.05) is 4.90 Å². The Morgan fingerprint density at radius 1 is 1.25 bits per heavy atom. The lowest BCUT2D eigenvalue weighted by molar-refractivity contribution is -0.154. The summed E-state index contributed by atoms with van der Waals surface area (Å²) in [4.78, 5) is 13.8. The molecule has 0 spiro atoms. The number of nitrogens with zero attached hydrogens (tertiary/aromatic N) is 1. The summed E-state index contributed by atoms with van der Waals surface area (Å²) in [5, 5.41) is 9.31. The summed E-state index contributed by atoms with van der Waals surface area (Å²) < 4.78 is 5.19. The van der Waals surface area contributed by atoms with E-state index in [-0.39, 0.29) is 25.2 Å². The fraction of sp³-hybridized carbons (Fsp3) is 0.917. The Hall–Kier alpha value is -0.610. The van der Waals surface area contributed by atoms with E-state index in [0.29, 0.717) is 12.6 Å². The molecule has 2 fully saturated rings. The topological polar surface area (TPSA) is 49.8 Å². The van der Waals surface area contributed by atoms with Gasteiger partial charge in [-0.1, -0.05) is 25.7 Å². The Morgan fingerprint density at radius 3 is 2.56 bits per heavy atom. The molecule has 0 aromatic heterocycles. The highest BCUT2D eigenvalue weighted by Gasteiger charge is 2.33. The first-order valence-electron chi connectivity index (χ1n) is 6.32. The molecule has 1 atom stereocenters. The first-order valence-corrected chi connectivity index (χ1v) is 6.32. The largest absolute Gasteiger partial charge is 0.394 e. The van der Waals surface area contributed by atoms with Gasteiger partial charge in [0.15, 0.2) is 0 Å². The van der Waals surface area contributed by atoms with Crippen LogP contribution in [0.4, 0.5) is 0 Å². The summed E-state index contributed by atoms with van der Waals surface area (Å²) >= 11 is 0. The Morgan fingerprint density at radius 2 is 1.94 bits per heavy atom. The normalized spacial score (nSPS) is 29.2. The molecule has 1 aliphatic carbocycles. The van der Waals surface area contributed by atoms with Crippen LogP contribution in [0.2, 0.25) is 0 Å². The van der Waals surface area contributed by atoms with E-state index in [9.17, 15) is 9.90 Å². The monoisotopic (exact) mass is 227 g/mol. The maximum atomic E-state index is 11.9. The number of aliphatic hydroxyl groups excluding tert-OH is 1. The van der Waals surface area contributed by atoms with Gasteiger partial charge in [-0.15, -0.1) is 0 Å². The van der Waals surface area contributed by atoms with Gasteiger partial charge in [-0.05, 0) is 12.8 Å². The number of rotatable bonds is 2. The van der Waals surface area contributed by atoms with Gasteiger partial charge in [0.05, 0.1) is 19.3 Å². The second-order valence-electron chi connectivity index (χ2n) is 4.80. The zero-order valence-electron chi connectivity index (χ0n) is 9.73. The van der Waals surface area contributed by atoms with Crippen molar-refractivity contribution in [1.29, 1.82) is 0 Å². The molecule has 1 amide bonds. The van der Waals surface area contributed by atoms with E-state index in [1.54, 1.807) is 0 Å². The average Bonchev–Trinajstić information content (AvgIpc) is 2.57. The molecule has 0 radical (unpaired) electrons. The van der Waals surface area contributed by atoms with E-state index in [1.165, 1.54) is 25.7 Å². The lowest BCUT2D eigenvalue weighted by Crippen LogP contribution is -2.55. The van der Waals surface area contributed by atoms with Crippen LogP contribution >= 0.6 is 0 Å². The number of carbonyl (C=O) groups is 1. The molecule has 1 saturated heterocycles. The maximum absolute atomic E-state index is 11.9. The molecule has 1 heterocycles. The molecule has 0 aromatic rings. The highest BCUT2D eigenvalue weighted by Crippen LogP contribution is 2.25. The van der Waals surface area contributed by atoms with Crippen molar-refractivity contribution in [3.05, 3.63) is 0 Å². The summed E-state index contributed by atoms with van der Waals surface area (Å²) in [5.41, 5.74) is 0. The molecule has 1 N–H and O–H groups in total. The molecule has 1 aliphatic heterocycles. The van der Waals surface area contributed by atoms with Gasteiger partial charge in [0.25, 0.3) is 0 Å². The Labute approximate surface area is 96.6 Å². The van der Waals surface area contributed by atoms with Crippen LogP contribution < -0.4 is 0 Å². The minimum Gasteiger partial charge on any atom is -0.394 e. The lowest BCUT2D eigenvalue weighted by atomic mass is 10.0. The van der Waals surface area contributed by atoms with E-state index < -0.39 is 0 Å². The zero-order chi connectivity index (χ0) is 11.4. The third-order valence-electron chi connectivity index (χ3n) is 3.65. The van der Waals surface area contributed by atoms with Crippen LogP contribution in [-0.4, -0.2) is 47.8 Å². The van der Waals surface area contributed by atoms with Crippen LogP contribution in [-0.2, 0) is 9.53 Å². The molecule has 0 bridgehead atoms. The SMILES string of the molecule is O=C1COCC(CO)N1C1CCCCCC1. The van der Waals surface area contributed by atoms with Gasteiger partial charge < -0.3 is 14.7 Å². The van der Waals surface area contributed by atoms with Crippen molar-refractivity contribution in [1.82, 2.24) is 4.90 Å². The molecule has 1 saturated carbocycles. The van der Waals surface area contributed by atoms with Crippen molar-refractivity contribution in [2.75, 3.05) is 19.8 Å². The second-order valence-corrected chi connectivity index (χ2v) is 4.80. The number of hydrogen-bond donors (Lipinski definition) is 1. The summed E-state index contributed by atoms with van der Waals surface area (Å²) in [6.45, 7) is 0.688. The molecule has 2 aliphatic rings. The molecule has 0 aromatic carbocycles. The Balaban J connectivity index is 2.04. The highest BCUT2D eigenvalue weighted by molar-refractivity contribution is 5.78. The first-order chi connectivity index (χ1) is 7.83. The molecule has 4 heteroatoms. The van der Waals surface area contributed by atoms with Gasteiger partial charge in [0.2, 0.25) is 5.91 Å². The third kappa shape index (κ3) is 2.55. The van der Waals surface area contributed by atoms with Crippen molar-refractivity contribution in [3.8, 4) is 0 Å². The molecule has 4 nitrogen and oxygen atoms in total. The van der Waals surface area contributed by atoms with Crippen LogP contribution in [0, 0.1) is 0 Å². The van der Waals surface area contributed by atoms with Gasteiger partial charge in [0, 0.05) is 6.04 Å². The number of ether oxygens (including phenoxy) is 1. The Bertz CT molecular complexity index is 236. The molecule has 92 valence electrons. The van der Waals surface area contributed by atoms with E-state index in [2.05, 4.69) is 0 Å². The van der Waals surface area contributed by atoms with Gasteiger partial charge >= 0.3 is 0 Å². The highest BCUT2D eigenvalue weighted by atomic mass is 16.5. The molecule has 16 heavy (non-hydrogen) atoms. The number of aliphatic hydroxyl groups is 1. The number of hydrogen-bond acceptors (Lipinski definition) is 3. The number of carbonyl (C=O) groups excluding carboxylic acids is 1. The van der Waals surface area contributed by atoms with Crippen LogP contribution in [0.5, 0.6) is 0 Å². The quantitative estimate of drug-likeness (QED) is 0.714. The van der Waals surface area contributed by atoms with Crippen LogP contribution in [0.15, 0.2) is 0 Å². The number of amides is 1. The molecular formula is C12H21NO3. The van der Waals surface area contributed by atoms with Gasteiger partial charge in [0.1, 0.15) is 6.61 Å². The van der Waals surface area contributed by atoms with Crippen molar-refractivity contribution in [2.24, 2.45) is 0 Å². The van der Waals surface area contributed by atoms with Crippen LogP contribution in [0.1, 0.15) is 38.5 Å². The van der Waals surface area contributed by atoms with Gasteiger partial charge in [-0.2, -0.15) is 0 Å². The van der Waals surface area contributed by atoms with Crippen LogP contribution in [0.3, 0.4) is 0 Å². The summed E-state index contributed by atoms with van der Waals surface area (Å²) in [6.07, 6.45) is 7.13. The fourth-order valence-electron chi connectivity index (χ4n) is 2.82. The smallest absolute Gasteiger partial charge is 0.249 e. The van der Waals surface area contributed by atoms with Crippen molar-refractivity contribution in [3.63, 3.8) is 0 Å². The van der Waals surface area contributed by atoms with E-state index in [0.717, 1.165) is 12.8 Å². The average molecular weight is 227 g/mol. The number of morpholine rings is 1. The fourth-order valence-corrected chi connectivity index (χ4v) is 2.82. The molecule has 2 rings (SSSR count). The van der Waals surface area contributed by atoms with Gasteiger partial charge in [-0.3, -0.25) is 4.79 Å². The minimum absolute atomic E-state index is 0.0161. The van der Waals surface area contributed by atoms with Crippen molar-refractivity contribution >= 4 is 5.91 Å². The summed E-state index contributed by atoms with van der Waals surface area (Å²) in [5.74, 6) is 0.0530. The standard InChI is InChI=1S/C12H21NO3/c14-7-11-8-16-9-12(15)13(11)10-5-3-1-2-4-6-10/h10-11,14H,1-9H2. The van der Waals surface area contributed by atoms with E-state index in [4.69, 9.17) is 4.74 Å². The Kier molecular flexibility index (Phi) is 4.18. The lowest BCUT2D eigenvalue weighted by Gasteiger charge is -2.40. The van der Waals surface area contributed by atoms with Crippen molar-refractivity contribution in [2.45, 2.75) is 50.6 Å². The minimum atomic E-state index is -0.121. The van der Waals surface area contributed by atoms with Crippen LogP contribution in [0.25, 0.3) is 0 Å². The second kappa shape index (κ2) is 5.64. The van der Waals surface area contributed by atoms with Crippen molar-refractivity contribution < 1.29 is 14.6 Å². The predicted octanol–water partition coefficient (Wildman–Crippen LogP) is 0.929. The third-order valence-corrected chi connectivity index (χ3v) is 3.65. The predicted molar refractivity (Wildman–Crippen MR) is 60.0 cm³/mol. The summed E-state index contributed by atoms with van der Waals surface area (Å²) in [7, 11) is 0. The maximum Gasteiger partial charge on any atom is 0.249 e. The molecular weight excluding hydrogens is 206 g/mol.